The Morgan fingerprint density at radius 2 is 2.05 bits per heavy atom. The lowest BCUT2D eigenvalue weighted by Gasteiger charge is -2.17. The summed E-state index contributed by atoms with van der Waals surface area (Å²) in [6.45, 7) is 0. The van der Waals surface area contributed by atoms with Crippen molar-refractivity contribution in [1.29, 1.82) is 0 Å². The summed E-state index contributed by atoms with van der Waals surface area (Å²) in [5.41, 5.74) is 1.11. The van der Waals surface area contributed by atoms with Crippen molar-refractivity contribution in [2.45, 2.75) is 18.4 Å². The van der Waals surface area contributed by atoms with Crippen LogP contribution in [0.5, 0.6) is 5.75 Å². The maximum Gasteiger partial charge on any atom is 0.221 e. The molecule has 98 valence electrons. The molecule has 19 heavy (non-hydrogen) atoms. The van der Waals surface area contributed by atoms with E-state index in [0.717, 1.165) is 17.1 Å². The lowest BCUT2D eigenvalue weighted by atomic mass is 9.90. The summed E-state index contributed by atoms with van der Waals surface area (Å²) in [6.07, 6.45) is 2.11. The fourth-order valence-electron chi connectivity index (χ4n) is 2.55. The maximum absolute atomic E-state index is 11.7. The van der Waals surface area contributed by atoms with Crippen molar-refractivity contribution in [1.82, 2.24) is 5.32 Å². The molecule has 1 fully saturated rings. The molecule has 1 N–H and O–H groups in total. The van der Waals surface area contributed by atoms with E-state index >= 15 is 0 Å². The van der Waals surface area contributed by atoms with Gasteiger partial charge in [0.1, 0.15) is 11.5 Å². The molecule has 0 saturated carbocycles. The van der Waals surface area contributed by atoms with Crippen LogP contribution in [0, 0.1) is 0 Å². The standard InChI is InChI=1S/C15H15NO3/c1-18-11-6-4-10(5-7-11)12-9-14(17)16-15(12)13-3-2-8-19-13/h2-8,12,15H,9H2,1H3,(H,16,17)/t12-,15+/m1/s1. The minimum Gasteiger partial charge on any atom is -0.497 e. The van der Waals surface area contributed by atoms with Crippen molar-refractivity contribution < 1.29 is 13.9 Å². The molecule has 1 amide bonds. The van der Waals surface area contributed by atoms with Gasteiger partial charge in [-0.2, -0.15) is 0 Å². The highest BCUT2D eigenvalue weighted by Gasteiger charge is 2.36. The van der Waals surface area contributed by atoms with E-state index in [1.54, 1.807) is 13.4 Å². The Bertz CT molecular complexity index is 560. The maximum atomic E-state index is 11.7. The van der Waals surface area contributed by atoms with Gasteiger partial charge in [0, 0.05) is 12.3 Å². The molecule has 2 atom stereocenters. The van der Waals surface area contributed by atoms with Crippen molar-refractivity contribution in [2.24, 2.45) is 0 Å². The molecule has 0 radical (unpaired) electrons. The predicted molar refractivity (Wildman–Crippen MR) is 69.9 cm³/mol. The van der Waals surface area contributed by atoms with Gasteiger partial charge in [-0.1, -0.05) is 12.1 Å². The average molecular weight is 257 g/mol. The van der Waals surface area contributed by atoms with Gasteiger partial charge in [-0.15, -0.1) is 0 Å². The molecule has 1 saturated heterocycles. The lowest BCUT2D eigenvalue weighted by molar-refractivity contribution is -0.119. The van der Waals surface area contributed by atoms with Gasteiger partial charge in [0.25, 0.3) is 0 Å². The van der Waals surface area contributed by atoms with Crippen LogP contribution in [0.25, 0.3) is 0 Å². The van der Waals surface area contributed by atoms with Gasteiger partial charge >= 0.3 is 0 Å². The van der Waals surface area contributed by atoms with Gasteiger partial charge in [0.15, 0.2) is 0 Å². The molecule has 2 heterocycles. The summed E-state index contributed by atoms with van der Waals surface area (Å²) in [5.74, 6) is 1.77. The van der Waals surface area contributed by atoms with Crippen molar-refractivity contribution in [2.75, 3.05) is 7.11 Å². The van der Waals surface area contributed by atoms with Crippen LogP contribution in [-0.2, 0) is 4.79 Å². The summed E-state index contributed by atoms with van der Waals surface area (Å²) in [6, 6.07) is 11.5. The Labute approximate surface area is 111 Å². The molecule has 1 aromatic heterocycles. The van der Waals surface area contributed by atoms with Crippen LogP contribution in [0.4, 0.5) is 0 Å². The smallest absolute Gasteiger partial charge is 0.221 e. The van der Waals surface area contributed by atoms with Crippen LogP contribution in [0.1, 0.15) is 29.7 Å². The number of rotatable bonds is 3. The number of hydrogen-bond acceptors (Lipinski definition) is 3. The molecule has 0 spiro atoms. The second kappa shape index (κ2) is 4.80. The van der Waals surface area contributed by atoms with E-state index in [9.17, 15) is 4.79 Å². The Morgan fingerprint density at radius 3 is 2.68 bits per heavy atom. The van der Waals surface area contributed by atoms with E-state index in [0.29, 0.717) is 6.42 Å². The molecule has 4 heteroatoms. The fraction of sp³-hybridized carbons (Fsp3) is 0.267. The largest absolute Gasteiger partial charge is 0.497 e. The Hall–Kier alpha value is -2.23. The minimum absolute atomic E-state index is 0.0576. The zero-order chi connectivity index (χ0) is 13.2. The first kappa shape index (κ1) is 11.8. The second-order valence-corrected chi connectivity index (χ2v) is 4.64. The summed E-state index contributed by atoms with van der Waals surface area (Å²) >= 11 is 0. The van der Waals surface area contributed by atoms with Crippen LogP contribution in [0.15, 0.2) is 47.1 Å². The molecule has 1 aliphatic rings. The van der Waals surface area contributed by atoms with E-state index in [2.05, 4.69) is 5.32 Å². The highest BCUT2D eigenvalue weighted by Crippen LogP contribution is 2.38. The summed E-state index contributed by atoms with van der Waals surface area (Å²) in [4.78, 5) is 11.7. The molecule has 4 nitrogen and oxygen atoms in total. The number of ether oxygens (including phenoxy) is 1. The fourth-order valence-corrected chi connectivity index (χ4v) is 2.55. The van der Waals surface area contributed by atoms with Gasteiger partial charge in [0.2, 0.25) is 5.91 Å². The normalized spacial score (nSPS) is 22.3. The Kier molecular flexibility index (Phi) is 2.99. The van der Waals surface area contributed by atoms with E-state index in [-0.39, 0.29) is 17.9 Å². The lowest BCUT2D eigenvalue weighted by Crippen LogP contribution is -2.19. The van der Waals surface area contributed by atoms with E-state index in [4.69, 9.17) is 9.15 Å². The molecule has 0 bridgehead atoms. The van der Waals surface area contributed by atoms with E-state index in [1.807, 2.05) is 36.4 Å². The third-order valence-corrected chi connectivity index (χ3v) is 3.52. The quantitative estimate of drug-likeness (QED) is 0.919. The number of nitrogens with one attached hydrogen (secondary N) is 1. The van der Waals surface area contributed by atoms with Crippen LogP contribution in [0.3, 0.4) is 0 Å². The molecule has 2 aromatic rings. The molecule has 0 unspecified atom stereocenters. The average Bonchev–Trinajstić information content (AvgIpc) is 3.07. The molecule has 0 aliphatic carbocycles. The Morgan fingerprint density at radius 1 is 1.26 bits per heavy atom. The van der Waals surface area contributed by atoms with E-state index in [1.165, 1.54) is 0 Å². The number of benzene rings is 1. The topological polar surface area (TPSA) is 51.5 Å². The van der Waals surface area contributed by atoms with Crippen molar-refractivity contribution >= 4 is 5.91 Å². The Balaban J connectivity index is 1.90. The second-order valence-electron chi connectivity index (χ2n) is 4.64. The first-order valence-electron chi connectivity index (χ1n) is 6.24. The number of amides is 1. The van der Waals surface area contributed by atoms with Gasteiger partial charge in [0.05, 0.1) is 19.4 Å². The zero-order valence-electron chi connectivity index (χ0n) is 10.6. The highest BCUT2D eigenvalue weighted by atomic mass is 16.5. The summed E-state index contributed by atoms with van der Waals surface area (Å²) < 4.78 is 10.6. The third kappa shape index (κ3) is 2.21. The summed E-state index contributed by atoms with van der Waals surface area (Å²) in [5, 5.41) is 2.97. The van der Waals surface area contributed by atoms with Crippen molar-refractivity contribution in [3.63, 3.8) is 0 Å². The van der Waals surface area contributed by atoms with Gasteiger partial charge in [-0.25, -0.2) is 0 Å². The first-order chi connectivity index (χ1) is 9.28. The summed E-state index contributed by atoms with van der Waals surface area (Å²) in [7, 11) is 1.64. The van der Waals surface area contributed by atoms with Gasteiger partial charge < -0.3 is 14.5 Å². The SMILES string of the molecule is COc1ccc([C@H]2CC(=O)N[C@@H]2c2ccco2)cc1. The minimum atomic E-state index is -0.0871. The highest BCUT2D eigenvalue weighted by molar-refractivity contribution is 5.80. The van der Waals surface area contributed by atoms with Crippen LogP contribution in [-0.4, -0.2) is 13.0 Å². The van der Waals surface area contributed by atoms with Crippen LogP contribution < -0.4 is 10.1 Å². The van der Waals surface area contributed by atoms with Crippen LogP contribution in [0.2, 0.25) is 0 Å². The zero-order valence-corrected chi connectivity index (χ0v) is 10.6. The van der Waals surface area contributed by atoms with E-state index < -0.39 is 0 Å². The number of carbonyl (C=O) groups excluding carboxylic acids is 1. The van der Waals surface area contributed by atoms with Gasteiger partial charge in [-0.3, -0.25) is 4.79 Å². The van der Waals surface area contributed by atoms with Crippen molar-refractivity contribution in [3.05, 3.63) is 54.0 Å². The molecule has 1 aliphatic heterocycles. The van der Waals surface area contributed by atoms with Gasteiger partial charge in [-0.05, 0) is 29.8 Å². The molecular formula is C15H15NO3. The molecule has 1 aromatic carbocycles. The first-order valence-corrected chi connectivity index (χ1v) is 6.24. The molecule has 3 rings (SSSR count). The predicted octanol–water partition coefficient (Wildman–Crippen LogP) is 2.63. The number of hydrogen-bond donors (Lipinski definition) is 1. The molecular weight excluding hydrogens is 242 g/mol. The number of methoxy groups -OCH3 is 1. The van der Waals surface area contributed by atoms with Crippen molar-refractivity contribution in [3.8, 4) is 5.75 Å². The number of furan rings is 1. The third-order valence-electron chi connectivity index (χ3n) is 3.52. The number of carbonyl (C=O) groups is 1. The monoisotopic (exact) mass is 257 g/mol. The van der Waals surface area contributed by atoms with Crippen LogP contribution >= 0.6 is 0 Å².